The van der Waals surface area contributed by atoms with Crippen LogP contribution in [-0.2, 0) is 89.6 Å². The first kappa shape index (κ1) is 69.2. The lowest BCUT2D eigenvalue weighted by Gasteiger charge is -2.17. The van der Waals surface area contributed by atoms with Gasteiger partial charge in [-0.25, -0.2) is 18.7 Å². The molecule has 0 aliphatic carbocycles. The Labute approximate surface area is 474 Å². The highest BCUT2D eigenvalue weighted by Gasteiger charge is 2.27. The predicted molar refractivity (Wildman–Crippen MR) is 289 cm³/mol. The third-order valence-corrected chi connectivity index (χ3v) is 12.3. The van der Waals surface area contributed by atoms with Gasteiger partial charge in [-0.1, -0.05) is 31.5 Å². The summed E-state index contributed by atoms with van der Waals surface area (Å²) >= 11 is 0. The fourth-order valence-corrected chi connectivity index (χ4v) is 8.14. The lowest BCUT2D eigenvalue weighted by molar-refractivity contribution is -0.136. The molecule has 4 aromatic rings. The summed E-state index contributed by atoms with van der Waals surface area (Å²) in [5.74, 6) is -10.7. The molecule has 82 heavy (non-hydrogen) atoms. The van der Waals surface area contributed by atoms with Gasteiger partial charge < -0.3 is 77.8 Å². The van der Waals surface area contributed by atoms with E-state index in [0.717, 1.165) is 41.5 Å². The van der Waals surface area contributed by atoms with E-state index in [1.807, 2.05) is 24.3 Å². The van der Waals surface area contributed by atoms with Crippen LogP contribution in [0.1, 0.15) is 51.3 Å². The molecule has 0 aliphatic rings. The number of nitrogens with one attached hydrogen (secondary N) is 2. The molecule has 2 amide bonds. The van der Waals surface area contributed by atoms with E-state index in [4.69, 9.17) is 62.8 Å². The van der Waals surface area contributed by atoms with E-state index in [-0.39, 0.29) is 65.3 Å². The number of aryl methyl sites for hydroxylation is 2. The Bertz CT molecular complexity index is 2580. The predicted octanol–water partition coefficient (Wildman–Crippen LogP) is 3.90. The number of imidazole rings is 1. The molecular formula is C53H78F4N6O18S. The first-order chi connectivity index (χ1) is 39.7. The number of amides is 2. The number of carbonyl (C=O) groups excluding carboxylic acids is 3. The number of fused-ring (bicyclic) bond motifs is 3. The maximum Gasteiger partial charge on any atom is 0.313 e. The maximum absolute atomic E-state index is 13.6. The molecular weight excluding hydrogens is 1120 g/mol. The normalized spacial score (nSPS) is 12.2. The van der Waals surface area contributed by atoms with Gasteiger partial charge in [0.1, 0.15) is 23.1 Å². The molecule has 24 nitrogen and oxygen atoms in total. The lowest BCUT2D eigenvalue weighted by Crippen LogP contribution is -2.50. The second kappa shape index (κ2) is 40.9. The minimum Gasteiger partial charge on any atom is -0.420 e. The Kier molecular flexibility index (Phi) is 34.5. The first-order valence-electron chi connectivity index (χ1n) is 27.1. The van der Waals surface area contributed by atoms with Crippen LogP contribution in [0.5, 0.6) is 5.75 Å². The molecule has 0 fully saturated rings. The number of benzene rings is 2. The zero-order valence-electron chi connectivity index (χ0n) is 46.3. The van der Waals surface area contributed by atoms with Gasteiger partial charge in [0.2, 0.25) is 29.2 Å². The van der Waals surface area contributed by atoms with E-state index in [0.29, 0.717) is 130 Å². The number of nitrogen functional groups attached to an aromatic ring is 1. The number of halogens is 4. The van der Waals surface area contributed by atoms with Crippen molar-refractivity contribution in [3.8, 4) is 5.75 Å². The minimum absolute atomic E-state index is 0.00915. The van der Waals surface area contributed by atoms with Gasteiger partial charge in [-0.05, 0) is 25.3 Å². The summed E-state index contributed by atoms with van der Waals surface area (Å²) < 4.78 is 153. The highest BCUT2D eigenvalue weighted by atomic mass is 32.2. The zero-order chi connectivity index (χ0) is 59.2. The zero-order valence-corrected chi connectivity index (χ0v) is 47.1. The van der Waals surface area contributed by atoms with Gasteiger partial charge in [-0.15, -0.1) is 0 Å². The third kappa shape index (κ3) is 27.9. The van der Waals surface area contributed by atoms with Gasteiger partial charge in [-0.2, -0.15) is 17.2 Å². The molecule has 2 aromatic heterocycles. The van der Waals surface area contributed by atoms with Crippen LogP contribution in [0.2, 0.25) is 0 Å². The molecule has 0 aliphatic heterocycles. The second-order valence-corrected chi connectivity index (χ2v) is 19.4. The highest BCUT2D eigenvalue weighted by molar-refractivity contribution is 7.85. The number of hydrogen-bond acceptors (Lipinski definition) is 20. The van der Waals surface area contributed by atoms with Crippen molar-refractivity contribution in [2.24, 2.45) is 0 Å². The van der Waals surface area contributed by atoms with Crippen molar-refractivity contribution in [3.05, 3.63) is 59.4 Å². The molecule has 2 heterocycles. The Morgan fingerprint density at radius 3 is 1.55 bits per heavy atom. The SMILES string of the molecule is CCCCc1nc2c(N)nc3ccccc3c2n1CCCCNC(=O)[C@H](CS(=O)(=O)O)NC(=O)CCOCCOCCOCCOCCOCCOCCOCCOCCOCCOCCOCCC(=O)Oc1c(F)c(F)cc(F)c1F. The monoisotopic (exact) mass is 1190 g/mol. The van der Waals surface area contributed by atoms with Crippen LogP contribution >= 0.6 is 0 Å². The van der Waals surface area contributed by atoms with E-state index in [9.17, 15) is 44.9 Å². The lowest BCUT2D eigenvalue weighted by atomic mass is 10.1. The van der Waals surface area contributed by atoms with Gasteiger partial charge in [0, 0.05) is 37.4 Å². The van der Waals surface area contributed by atoms with Crippen molar-refractivity contribution in [1.82, 2.24) is 25.2 Å². The molecule has 0 bridgehead atoms. The standard InChI is InChI=1S/C53H78F4N6O18S/c1-2-3-10-44-62-49-50(39-8-4-5-9-42(39)61-52(49)58)63(44)14-7-6-13-59-53(66)43(38-82(67,68)69)60-45(64)11-15-70-17-19-72-21-23-74-25-27-76-29-31-78-33-35-80-36-34-79-32-30-77-28-26-75-24-22-73-20-18-71-16-12-46(65)81-51-47(56)40(54)37-41(55)48(51)57/h4-5,8-9,37,43H,2-3,6-7,10-36,38H2,1H3,(H2,58,61)(H,59,66)(H,60,64)(H,67,68,69)/t43-/m0/s1. The van der Waals surface area contributed by atoms with Gasteiger partial charge in [0.15, 0.2) is 17.5 Å². The Morgan fingerprint density at radius 1 is 0.634 bits per heavy atom. The number of aromatic nitrogens is 3. The van der Waals surface area contributed by atoms with Crippen LogP contribution in [0.25, 0.3) is 21.9 Å². The largest absolute Gasteiger partial charge is 0.420 e. The number of nitrogens with two attached hydrogens (primary N) is 1. The van der Waals surface area contributed by atoms with E-state index in [1.54, 1.807) is 0 Å². The number of pyridine rings is 1. The molecule has 2 aromatic carbocycles. The van der Waals surface area contributed by atoms with Gasteiger partial charge >= 0.3 is 5.97 Å². The summed E-state index contributed by atoms with van der Waals surface area (Å²) in [6.45, 7) is 9.21. The number of nitrogens with zero attached hydrogens (tertiary/aromatic N) is 3. The number of ether oxygens (including phenoxy) is 12. The van der Waals surface area contributed by atoms with Crippen molar-refractivity contribution in [2.45, 2.75) is 64.5 Å². The van der Waals surface area contributed by atoms with Crippen LogP contribution in [0.15, 0.2) is 30.3 Å². The maximum atomic E-state index is 13.6. The minimum atomic E-state index is -4.60. The fraction of sp³-hybridized carbons (Fsp3) is 0.642. The number of rotatable bonds is 49. The van der Waals surface area contributed by atoms with E-state index < -0.39 is 75.1 Å². The van der Waals surface area contributed by atoms with Gasteiger partial charge in [-0.3, -0.25) is 18.9 Å². The van der Waals surface area contributed by atoms with Crippen LogP contribution in [0, 0.1) is 23.3 Å². The molecule has 0 spiro atoms. The molecule has 0 unspecified atom stereocenters. The van der Waals surface area contributed by atoms with E-state index in [1.165, 1.54) is 0 Å². The summed E-state index contributed by atoms with van der Waals surface area (Å²) in [4.78, 5) is 46.7. The number of esters is 1. The number of carbonyl (C=O) groups is 3. The average molecular weight is 1200 g/mol. The quantitative estimate of drug-likeness (QED) is 0.0122. The third-order valence-electron chi connectivity index (χ3n) is 11.5. The molecule has 0 radical (unpaired) electrons. The summed E-state index contributed by atoms with van der Waals surface area (Å²) in [5.41, 5.74) is 8.64. The second-order valence-electron chi connectivity index (χ2n) is 17.9. The Morgan fingerprint density at radius 2 is 1.09 bits per heavy atom. The molecule has 0 saturated carbocycles. The molecule has 4 rings (SSSR count). The smallest absolute Gasteiger partial charge is 0.313 e. The van der Waals surface area contributed by atoms with E-state index in [2.05, 4.69) is 31.8 Å². The summed E-state index contributed by atoms with van der Waals surface area (Å²) in [6.07, 6.45) is 3.32. The topological polar surface area (TPSA) is 297 Å². The van der Waals surface area contributed by atoms with Crippen molar-refractivity contribution < 1.29 is 102 Å². The number of hydrogen-bond donors (Lipinski definition) is 4. The van der Waals surface area contributed by atoms with Crippen LogP contribution in [0.3, 0.4) is 0 Å². The van der Waals surface area contributed by atoms with Crippen molar-refractivity contribution in [3.63, 3.8) is 0 Å². The van der Waals surface area contributed by atoms with Crippen molar-refractivity contribution in [1.29, 1.82) is 0 Å². The van der Waals surface area contributed by atoms with Crippen LogP contribution in [0.4, 0.5) is 23.4 Å². The molecule has 5 N–H and O–H groups in total. The van der Waals surface area contributed by atoms with Crippen LogP contribution < -0.4 is 21.1 Å². The molecule has 29 heteroatoms. The Hall–Kier alpha value is -5.28. The van der Waals surface area contributed by atoms with Crippen molar-refractivity contribution >= 4 is 55.7 Å². The average Bonchev–Trinajstić information content (AvgIpc) is 4.08. The molecule has 462 valence electrons. The van der Waals surface area contributed by atoms with Gasteiger partial charge in [0.05, 0.1) is 163 Å². The number of para-hydroxylation sites is 1. The molecule has 0 saturated heterocycles. The highest BCUT2D eigenvalue weighted by Crippen LogP contribution is 2.30. The summed E-state index contributed by atoms with van der Waals surface area (Å²) in [5, 5.41) is 6.01. The summed E-state index contributed by atoms with van der Waals surface area (Å²) in [6, 6.07) is 6.24. The number of unbranched alkanes of at least 4 members (excludes halogenated alkanes) is 2. The fourth-order valence-electron chi connectivity index (χ4n) is 7.49. The molecule has 1 atom stereocenters. The number of anilines is 1. The van der Waals surface area contributed by atoms with Crippen molar-refractivity contribution in [2.75, 3.05) is 163 Å². The van der Waals surface area contributed by atoms with Gasteiger partial charge in [0.25, 0.3) is 10.1 Å². The first-order valence-corrected chi connectivity index (χ1v) is 28.7. The summed E-state index contributed by atoms with van der Waals surface area (Å²) in [7, 11) is -4.60. The van der Waals surface area contributed by atoms with Crippen LogP contribution in [-0.4, -0.2) is 209 Å². The Balaban J connectivity index is 0.860. The van der Waals surface area contributed by atoms with E-state index >= 15 is 0 Å².